The molecule has 3 aromatic rings. The molecule has 0 fully saturated rings. The third kappa shape index (κ3) is 3.20. The quantitative estimate of drug-likeness (QED) is 0.662. The Balaban J connectivity index is 1.41. The van der Waals surface area contributed by atoms with Crippen LogP contribution < -0.4 is 9.47 Å². The zero-order valence-corrected chi connectivity index (χ0v) is 14.1. The summed E-state index contributed by atoms with van der Waals surface area (Å²) in [7, 11) is 0. The van der Waals surface area contributed by atoms with E-state index in [9.17, 15) is 4.79 Å². The van der Waals surface area contributed by atoms with E-state index in [1.165, 1.54) is 11.3 Å². The van der Waals surface area contributed by atoms with E-state index in [0.717, 1.165) is 4.88 Å². The maximum absolute atomic E-state index is 12.3. The molecule has 1 aliphatic heterocycles. The number of esters is 1. The first-order valence-electron chi connectivity index (χ1n) is 7.67. The molecule has 1 aromatic carbocycles. The van der Waals surface area contributed by atoms with Crippen molar-refractivity contribution in [2.24, 2.45) is 0 Å². The van der Waals surface area contributed by atoms with Gasteiger partial charge in [0, 0.05) is 0 Å². The number of fused-ring (bicyclic) bond motifs is 1. The Kier molecular flexibility index (Phi) is 4.10. The Hall–Kier alpha value is -2.87. The third-order valence-corrected chi connectivity index (χ3v) is 4.44. The molecular formula is C17H14N2O5S. The summed E-state index contributed by atoms with van der Waals surface area (Å²) >= 11 is 1.49. The van der Waals surface area contributed by atoms with Crippen molar-refractivity contribution in [3.8, 4) is 22.3 Å². The Morgan fingerprint density at radius 1 is 1.24 bits per heavy atom. The smallest absolute Gasteiger partial charge is 0.351 e. The summed E-state index contributed by atoms with van der Waals surface area (Å²) in [5, 5.41) is 9.84. The number of hydrogen-bond acceptors (Lipinski definition) is 8. The summed E-state index contributed by atoms with van der Waals surface area (Å²) in [6, 6.07) is 10.9. The standard InChI is InChI=1S/C17H14N2O5S/c1-10(15-18-19-16(24-15)14-7-4-8-25-14)22-17(20)13-9-21-11-5-2-3-6-12(11)23-13/h2-8,10,13H,9H2,1H3/t10-,13-/m1/s1. The lowest BCUT2D eigenvalue weighted by molar-refractivity contribution is -0.160. The molecule has 0 saturated carbocycles. The molecule has 7 nitrogen and oxygen atoms in total. The molecule has 0 radical (unpaired) electrons. The molecule has 1 aliphatic rings. The van der Waals surface area contributed by atoms with Crippen molar-refractivity contribution >= 4 is 17.3 Å². The minimum absolute atomic E-state index is 0.0901. The van der Waals surface area contributed by atoms with Crippen LogP contribution in [0.1, 0.15) is 18.9 Å². The molecule has 0 N–H and O–H groups in total. The Morgan fingerprint density at radius 2 is 2.08 bits per heavy atom. The lowest BCUT2D eigenvalue weighted by Gasteiger charge is -2.25. The van der Waals surface area contributed by atoms with Crippen molar-refractivity contribution in [3.05, 3.63) is 47.7 Å². The molecule has 128 valence electrons. The topological polar surface area (TPSA) is 83.7 Å². The largest absolute Gasteiger partial charge is 0.485 e. The monoisotopic (exact) mass is 358 g/mol. The van der Waals surface area contributed by atoms with Gasteiger partial charge in [0.25, 0.3) is 11.8 Å². The summed E-state index contributed by atoms with van der Waals surface area (Å²) in [6.07, 6.45) is -1.52. The highest BCUT2D eigenvalue weighted by atomic mass is 32.1. The number of aromatic nitrogens is 2. The molecule has 8 heteroatoms. The first kappa shape index (κ1) is 15.6. The zero-order valence-electron chi connectivity index (χ0n) is 13.2. The molecule has 3 heterocycles. The maximum atomic E-state index is 12.3. The predicted molar refractivity (Wildman–Crippen MR) is 88.5 cm³/mol. The molecule has 2 aromatic heterocycles. The second kappa shape index (κ2) is 6.56. The van der Waals surface area contributed by atoms with E-state index in [2.05, 4.69) is 10.2 Å². The molecule has 4 rings (SSSR count). The van der Waals surface area contributed by atoms with Gasteiger partial charge in [0.15, 0.2) is 17.6 Å². The number of carbonyl (C=O) groups is 1. The van der Waals surface area contributed by atoms with E-state index in [1.807, 2.05) is 29.6 Å². The van der Waals surface area contributed by atoms with Crippen LogP contribution in [0.25, 0.3) is 10.8 Å². The van der Waals surface area contributed by atoms with Crippen LogP contribution in [-0.4, -0.2) is 28.9 Å². The third-order valence-electron chi connectivity index (χ3n) is 3.58. The van der Waals surface area contributed by atoms with Crippen LogP contribution in [0, 0.1) is 0 Å². The van der Waals surface area contributed by atoms with Gasteiger partial charge in [0.05, 0.1) is 4.88 Å². The number of para-hydroxylation sites is 2. The van der Waals surface area contributed by atoms with Crippen LogP contribution in [0.15, 0.2) is 46.2 Å². The number of carbonyl (C=O) groups excluding carboxylic acids is 1. The van der Waals surface area contributed by atoms with Crippen LogP contribution >= 0.6 is 11.3 Å². The molecule has 0 aliphatic carbocycles. The first-order valence-corrected chi connectivity index (χ1v) is 8.55. The van der Waals surface area contributed by atoms with Gasteiger partial charge >= 0.3 is 5.97 Å². The van der Waals surface area contributed by atoms with E-state index < -0.39 is 18.2 Å². The molecule has 2 atom stereocenters. The van der Waals surface area contributed by atoms with Gasteiger partial charge in [-0.05, 0) is 30.5 Å². The highest BCUT2D eigenvalue weighted by Gasteiger charge is 2.31. The summed E-state index contributed by atoms with van der Waals surface area (Å²) in [4.78, 5) is 13.2. The summed E-state index contributed by atoms with van der Waals surface area (Å²) in [6.45, 7) is 1.76. The van der Waals surface area contributed by atoms with E-state index in [1.54, 1.807) is 19.1 Å². The fourth-order valence-corrected chi connectivity index (χ4v) is 2.98. The first-order chi connectivity index (χ1) is 12.2. The van der Waals surface area contributed by atoms with Crippen LogP contribution in [0.2, 0.25) is 0 Å². The SMILES string of the molecule is C[C@@H](OC(=O)[C@H]1COc2ccccc2O1)c1nnc(-c2cccs2)o1. The van der Waals surface area contributed by atoms with Crippen molar-refractivity contribution in [3.63, 3.8) is 0 Å². The highest BCUT2D eigenvalue weighted by molar-refractivity contribution is 7.13. The molecule has 0 amide bonds. The minimum atomic E-state index is -0.836. The number of benzene rings is 1. The van der Waals surface area contributed by atoms with Gasteiger partial charge < -0.3 is 18.6 Å². The predicted octanol–water partition coefficient (Wildman–Crippen LogP) is 3.24. The number of nitrogens with zero attached hydrogens (tertiary/aromatic N) is 2. The second-order valence-corrected chi connectivity index (χ2v) is 6.31. The van der Waals surface area contributed by atoms with Gasteiger partial charge in [-0.25, -0.2) is 4.79 Å². The van der Waals surface area contributed by atoms with Crippen molar-refractivity contribution in [2.45, 2.75) is 19.1 Å². The molecule has 25 heavy (non-hydrogen) atoms. The maximum Gasteiger partial charge on any atom is 0.351 e. The number of thiophene rings is 1. The Labute approximate surface area is 147 Å². The number of hydrogen-bond donors (Lipinski definition) is 0. The van der Waals surface area contributed by atoms with Gasteiger partial charge in [0.1, 0.15) is 6.61 Å². The van der Waals surface area contributed by atoms with Gasteiger partial charge in [-0.2, -0.15) is 0 Å². The van der Waals surface area contributed by atoms with E-state index >= 15 is 0 Å². The average Bonchev–Trinajstić information content (AvgIpc) is 3.32. The van der Waals surface area contributed by atoms with E-state index in [4.69, 9.17) is 18.6 Å². The fourth-order valence-electron chi connectivity index (χ4n) is 2.33. The Bertz CT molecular complexity index is 877. The van der Waals surface area contributed by atoms with Crippen molar-refractivity contribution in [2.75, 3.05) is 6.61 Å². The summed E-state index contributed by atoms with van der Waals surface area (Å²) in [5.41, 5.74) is 0. The molecule has 0 spiro atoms. The van der Waals surface area contributed by atoms with Crippen molar-refractivity contribution < 1.29 is 23.4 Å². The summed E-state index contributed by atoms with van der Waals surface area (Å²) in [5.74, 6) is 1.21. The van der Waals surface area contributed by atoms with Gasteiger partial charge in [-0.15, -0.1) is 21.5 Å². The summed E-state index contributed by atoms with van der Waals surface area (Å²) < 4.78 is 22.1. The molecule has 0 saturated heterocycles. The van der Waals surface area contributed by atoms with Crippen molar-refractivity contribution in [1.29, 1.82) is 0 Å². The minimum Gasteiger partial charge on any atom is -0.485 e. The van der Waals surface area contributed by atoms with E-state index in [-0.39, 0.29) is 12.5 Å². The number of rotatable bonds is 4. The molecule has 0 unspecified atom stereocenters. The lowest BCUT2D eigenvalue weighted by Crippen LogP contribution is -2.38. The van der Waals surface area contributed by atoms with E-state index in [0.29, 0.717) is 17.4 Å². The Morgan fingerprint density at radius 3 is 2.88 bits per heavy atom. The normalized spacial score (nSPS) is 17.1. The van der Waals surface area contributed by atoms with Gasteiger partial charge in [0.2, 0.25) is 6.10 Å². The molecular weight excluding hydrogens is 344 g/mol. The van der Waals surface area contributed by atoms with Crippen LogP contribution in [0.3, 0.4) is 0 Å². The second-order valence-electron chi connectivity index (χ2n) is 5.37. The average molecular weight is 358 g/mol. The molecule has 0 bridgehead atoms. The van der Waals surface area contributed by atoms with Gasteiger partial charge in [-0.3, -0.25) is 0 Å². The van der Waals surface area contributed by atoms with Gasteiger partial charge in [-0.1, -0.05) is 18.2 Å². The zero-order chi connectivity index (χ0) is 17.2. The van der Waals surface area contributed by atoms with Crippen LogP contribution in [-0.2, 0) is 9.53 Å². The highest BCUT2D eigenvalue weighted by Crippen LogP contribution is 2.32. The number of ether oxygens (including phenoxy) is 3. The lowest BCUT2D eigenvalue weighted by atomic mass is 10.2. The van der Waals surface area contributed by atoms with Crippen LogP contribution in [0.4, 0.5) is 0 Å². The fraction of sp³-hybridized carbons (Fsp3) is 0.235. The van der Waals surface area contributed by atoms with Crippen LogP contribution in [0.5, 0.6) is 11.5 Å². The van der Waals surface area contributed by atoms with Crippen molar-refractivity contribution in [1.82, 2.24) is 10.2 Å².